The van der Waals surface area contributed by atoms with E-state index in [4.69, 9.17) is 10.2 Å². The molecule has 28 heteroatoms. The molecule has 41 heavy (non-hydrogen) atoms. The molecule has 0 aliphatic rings. The third-order valence-electron chi connectivity index (χ3n) is 3.81. The fourth-order valence-corrected chi connectivity index (χ4v) is 2.13. The van der Waals surface area contributed by atoms with Crippen molar-refractivity contribution in [3.8, 4) is 0 Å². The fraction of sp³-hybridized carbons (Fsp3) is 0.846. The Hall–Kier alpha value is -0.700. The summed E-state index contributed by atoms with van der Waals surface area (Å²) in [5, 5.41) is 16.6. The van der Waals surface area contributed by atoms with Crippen molar-refractivity contribution >= 4 is 81.6 Å². The predicted octanol–water partition coefficient (Wildman–Crippen LogP) is 4.53. The molecular formula is C13H7F18NNa2O6S. The van der Waals surface area contributed by atoms with E-state index in [2.05, 4.69) is 4.36 Å². The minimum Gasteiger partial charge on any atom is -0.481 e. The zero-order chi connectivity index (χ0) is 32.4. The van der Waals surface area contributed by atoms with Crippen LogP contribution in [-0.2, 0) is 20.1 Å². The van der Waals surface area contributed by atoms with Crippen LogP contribution in [0.1, 0.15) is 12.8 Å². The number of nitrogens with zero attached hydrogens (tertiary/aromatic N) is 1. The number of hydrogen-bond acceptors (Lipinski definition) is 5. The first-order valence-electron chi connectivity index (χ1n) is 8.33. The Morgan fingerprint density at radius 1 is 0.561 bits per heavy atom. The Morgan fingerprint density at radius 2 is 0.805 bits per heavy atom. The smallest absolute Gasteiger partial charge is 0.460 e. The summed E-state index contributed by atoms with van der Waals surface area (Å²) in [4.78, 5) is 20.3. The van der Waals surface area contributed by atoms with E-state index < -0.39 is 82.8 Å². The molecule has 1 atom stereocenters. The number of aliphatic carboxylic acids is 2. The average molecular weight is 693 g/mol. The van der Waals surface area contributed by atoms with Crippen LogP contribution in [0.3, 0.4) is 0 Å². The van der Waals surface area contributed by atoms with Gasteiger partial charge in [-0.2, -0.15) is 91.8 Å². The average Bonchev–Trinajstić information content (AvgIpc) is 2.68. The number of alkyl halides is 18. The largest absolute Gasteiger partial charge is 0.481 e. The maximum Gasteiger partial charge on any atom is 0.460 e. The summed E-state index contributed by atoms with van der Waals surface area (Å²) in [6, 6.07) is -1.51. The summed E-state index contributed by atoms with van der Waals surface area (Å²) < 4.78 is 243. The van der Waals surface area contributed by atoms with Crippen molar-refractivity contribution < 1.29 is 107 Å². The molecule has 2 radical (unpaired) electrons. The van der Waals surface area contributed by atoms with E-state index in [1.165, 1.54) is 0 Å². The number of halogens is 18. The Labute approximate surface area is 258 Å². The molecule has 0 aliphatic carbocycles. The molecule has 234 valence electrons. The SMILES string of the molecule is FC(F)(F)C(F)(F)C(F)(F)C(F)(F)C(F)(F)C(F)(F)C(F)(F)C(F)(F)F.O=C(O)CC[C@H](N=S(=O)=O)C(=O)O.[Na].[Na]. The van der Waals surface area contributed by atoms with Gasteiger partial charge in [0.25, 0.3) is 0 Å². The second kappa shape index (κ2) is 14.9. The molecule has 0 aromatic heterocycles. The van der Waals surface area contributed by atoms with Gasteiger partial charge < -0.3 is 10.2 Å². The summed E-state index contributed by atoms with van der Waals surface area (Å²) in [5.41, 5.74) is 0. The number of carbonyl (C=O) groups is 2. The molecule has 0 bridgehead atoms. The van der Waals surface area contributed by atoms with Crippen LogP contribution in [0.2, 0.25) is 0 Å². The molecule has 0 unspecified atom stereocenters. The van der Waals surface area contributed by atoms with Gasteiger partial charge in [0.05, 0.1) is 0 Å². The second-order valence-corrected chi connectivity index (χ2v) is 7.20. The Bertz CT molecular complexity index is 987. The molecule has 0 saturated carbocycles. The van der Waals surface area contributed by atoms with Gasteiger partial charge in [0.1, 0.15) is 0 Å². The van der Waals surface area contributed by atoms with E-state index in [9.17, 15) is 97.0 Å². The van der Waals surface area contributed by atoms with Crippen LogP contribution in [0, 0.1) is 0 Å². The molecule has 0 amide bonds. The summed E-state index contributed by atoms with van der Waals surface area (Å²) >= 11 is 0. The number of hydrogen-bond donors (Lipinski definition) is 2. The molecule has 0 heterocycles. The molecule has 0 saturated heterocycles. The first kappa shape index (κ1) is 47.2. The van der Waals surface area contributed by atoms with Gasteiger partial charge in [-0.15, -0.1) is 0 Å². The molecule has 0 rings (SSSR count). The Balaban J connectivity index is -0.000000388. The van der Waals surface area contributed by atoms with Crippen LogP contribution in [0.15, 0.2) is 4.36 Å². The van der Waals surface area contributed by atoms with Crippen LogP contribution in [0.5, 0.6) is 0 Å². The van der Waals surface area contributed by atoms with E-state index in [-0.39, 0.29) is 65.5 Å². The number of carboxylic acid groups (broad SMARTS) is 2. The zero-order valence-electron chi connectivity index (χ0n) is 19.2. The van der Waals surface area contributed by atoms with Crippen molar-refractivity contribution in [3.05, 3.63) is 0 Å². The summed E-state index contributed by atoms with van der Waals surface area (Å²) in [7, 11) is -2.83. The summed E-state index contributed by atoms with van der Waals surface area (Å²) in [6.07, 6.45) is -16.4. The fourth-order valence-electron chi connectivity index (χ4n) is 1.73. The Kier molecular flexibility index (Phi) is 17.1. The third-order valence-corrected chi connectivity index (χ3v) is 4.24. The molecular weight excluding hydrogens is 686 g/mol. The van der Waals surface area contributed by atoms with E-state index >= 15 is 0 Å². The standard InChI is InChI=1S/C8F18.C5H7NO6S.2Na/c9-1(10,3(13,14)5(17,18)7(21,22)23)2(11,12)4(15,16)6(19,20)8(24,25)26;7-4(8)2-1-3(5(9)10)6-13(11)12;;/h;3H,1-2H2,(H,7,8)(H,9,10);;/t;3-;;/m.0../s1. The maximum atomic E-state index is 12.8. The molecule has 2 N–H and O–H groups in total. The van der Waals surface area contributed by atoms with Gasteiger partial charge in [0, 0.05) is 65.5 Å². The maximum absolute atomic E-state index is 12.8. The summed E-state index contributed by atoms with van der Waals surface area (Å²) in [5.74, 6) is -53.7. The van der Waals surface area contributed by atoms with Crippen molar-refractivity contribution in [2.45, 2.75) is 66.8 Å². The minimum atomic E-state index is -8.72. The van der Waals surface area contributed by atoms with Gasteiger partial charge in [-0.3, -0.25) is 4.79 Å². The van der Waals surface area contributed by atoms with Gasteiger partial charge in [0.15, 0.2) is 6.04 Å². The molecule has 0 fully saturated rings. The number of carboxylic acids is 2. The van der Waals surface area contributed by atoms with Gasteiger partial charge in [-0.25, -0.2) is 4.79 Å². The minimum absolute atomic E-state index is 0. The number of rotatable bonds is 10. The van der Waals surface area contributed by atoms with Crippen molar-refractivity contribution in [2.24, 2.45) is 4.36 Å². The molecule has 0 aromatic carbocycles. The van der Waals surface area contributed by atoms with Gasteiger partial charge in [-0.05, 0) is 6.42 Å². The van der Waals surface area contributed by atoms with Gasteiger partial charge in [-0.1, -0.05) is 0 Å². The Morgan fingerprint density at radius 3 is 0.976 bits per heavy atom. The first-order chi connectivity index (χ1) is 16.7. The van der Waals surface area contributed by atoms with E-state index in [0.717, 1.165) is 0 Å². The van der Waals surface area contributed by atoms with Crippen LogP contribution in [-0.4, -0.2) is 144 Å². The van der Waals surface area contributed by atoms with Crippen molar-refractivity contribution in [1.29, 1.82) is 0 Å². The van der Waals surface area contributed by atoms with Crippen molar-refractivity contribution in [2.75, 3.05) is 0 Å². The molecule has 7 nitrogen and oxygen atoms in total. The van der Waals surface area contributed by atoms with Gasteiger partial charge >= 0.3 is 70.3 Å². The quantitative estimate of drug-likeness (QED) is 0.257. The van der Waals surface area contributed by atoms with E-state index in [0.29, 0.717) is 0 Å². The van der Waals surface area contributed by atoms with Crippen molar-refractivity contribution in [3.63, 3.8) is 0 Å². The van der Waals surface area contributed by atoms with E-state index in [1.807, 2.05) is 0 Å². The molecule has 0 spiro atoms. The van der Waals surface area contributed by atoms with E-state index in [1.54, 1.807) is 0 Å². The van der Waals surface area contributed by atoms with Crippen LogP contribution < -0.4 is 0 Å². The normalized spacial score (nSPS) is 14.4. The second-order valence-electron chi connectivity index (χ2n) is 6.55. The molecule has 0 aliphatic heterocycles. The van der Waals surface area contributed by atoms with Crippen LogP contribution in [0.25, 0.3) is 0 Å². The molecule has 0 aromatic rings. The third kappa shape index (κ3) is 9.64. The van der Waals surface area contributed by atoms with Crippen molar-refractivity contribution in [1.82, 2.24) is 0 Å². The zero-order valence-corrected chi connectivity index (χ0v) is 24.0. The topological polar surface area (TPSA) is 121 Å². The first-order valence-corrected chi connectivity index (χ1v) is 9.36. The monoisotopic (exact) mass is 693 g/mol. The van der Waals surface area contributed by atoms with Gasteiger partial charge in [0.2, 0.25) is 0 Å². The van der Waals surface area contributed by atoms with Crippen LogP contribution >= 0.6 is 0 Å². The predicted molar refractivity (Wildman–Crippen MR) is 92.9 cm³/mol. The summed E-state index contributed by atoms with van der Waals surface area (Å²) in [6.45, 7) is 0. The van der Waals surface area contributed by atoms with Crippen LogP contribution in [0.4, 0.5) is 79.0 Å².